The third-order valence-electron chi connectivity index (χ3n) is 5.02. The number of amides is 1. The van der Waals surface area contributed by atoms with Gasteiger partial charge in [-0.2, -0.15) is 0 Å². The summed E-state index contributed by atoms with van der Waals surface area (Å²) in [5.41, 5.74) is 2.04. The number of hydrogen-bond donors (Lipinski definition) is 3. The quantitative estimate of drug-likeness (QED) is 0.684. The molecule has 0 radical (unpaired) electrons. The number of carbonyl (C=O) groups excluding carboxylic acids is 1. The lowest BCUT2D eigenvalue weighted by Crippen LogP contribution is -2.42. The minimum atomic E-state index is -1.01. The third-order valence-corrected chi connectivity index (χ3v) is 5.02. The first-order chi connectivity index (χ1) is 13.1. The molecule has 0 saturated carbocycles. The van der Waals surface area contributed by atoms with Crippen LogP contribution in [0.5, 0.6) is 5.75 Å². The van der Waals surface area contributed by atoms with Gasteiger partial charge in [0, 0.05) is 32.1 Å². The van der Waals surface area contributed by atoms with Gasteiger partial charge in [-0.05, 0) is 29.9 Å². The molecule has 0 spiro atoms. The van der Waals surface area contributed by atoms with Crippen LogP contribution in [0.1, 0.15) is 51.7 Å². The summed E-state index contributed by atoms with van der Waals surface area (Å²) >= 11 is 0. The Kier molecular flexibility index (Phi) is 7.43. The molecule has 1 amide bonds. The molecule has 7 heteroatoms. The van der Waals surface area contributed by atoms with Crippen LogP contribution in [0.25, 0.3) is 0 Å². The zero-order valence-corrected chi connectivity index (χ0v) is 17.2. The van der Waals surface area contributed by atoms with Crippen LogP contribution in [-0.2, 0) is 21.5 Å². The van der Waals surface area contributed by atoms with E-state index in [0.29, 0.717) is 31.7 Å². The molecule has 3 N–H and O–H groups in total. The summed E-state index contributed by atoms with van der Waals surface area (Å²) in [6.45, 7) is 9.47. The fourth-order valence-corrected chi connectivity index (χ4v) is 3.42. The number of carbonyl (C=O) groups is 2. The number of benzene rings is 1. The topological polar surface area (TPSA) is 99.1 Å². The van der Waals surface area contributed by atoms with Crippen LogP contribution in [0.3, 0.4) is 0 Å². The van der Waals surface area contributed by atoms with Crippen LogP contribution in [0.2, 0.25) is 0 Å². The standard InChI is InChI=1S/C21H32N2O5/c1-14(24)22-17-7-9-23(10-8-18(17)25)12-15-11-16(21(2,3)4)5-6-19(15)28-13-20(26)27/h5-6,11,17-18,25H,7-10,12-13H2,1-4H3,(H,22,24)(H,26,27)/t17-,18-/m0/s1. The number of nitrogens with one attached hydrogen (secondary N) is 1. The van der Waals surface area contributed by atoms with Crippen molar-refractivity contribution in [2.45, 2.75) is 64.6 Å². The first-order valence-electron chi connectivity index (χ1n) is 9.72. The van der Waals surface area contributed by atoms with Gasteiger partial charge in [-0.1, -0.05) is 32.9 Å². The first kappa shape index (κ1) is 22.2. The van der Waals surface area contributed by atoms with E-state index in [2.05, 4.69) is 37.1 Å². The van der Waals surface area contributed by atoms with Crippen LogP contribution in [0.15, 0.2) is 18.2 Å². The molecular weight excluding hydrogens is 360 g/mol. The molecule has 1 fully saturated rings. The molecule has 28 heavy (non-hydrogen) atoms. The number of rotatable bonds is 6. The highest BCUT2D eigenvalue weighted by Crippen LogP contribution is 2.29. The Morgan fingerprint density at radius 2 is 1.93 bits per heavy atom. The van der Waals surface area contributed by atoms with Crippen molar-refractivity contribution in [2.24, 2.45) is 0 Å². The van der Waals surface area contributed by atoms with E-state index in [9.17, 15) is 14.7 Å². The van der Waals surface area contributed by atoms with E-state index in [1.54, 1.807) is 0 Å². The lowest BCUT2D eigenvalue weighted by molar-refractivity contribution is -0.139. The van der Waals surface area contributed by atoms with Gasteiger partial charge in [0.25, 0.3) is 0 Å². The molecule has 2 atom stereocenters. The number of nitrogens with zero attached hydrogens (tertiary/aromatic N) is 1. The van der Waals surface area contributed by atoms with Crippen molar-refractivity contribution in [3.05, 3.63) is 29.3 Å². The fraction of sp³-hybridized carbons (Fsp3) is 0.619. The Hall–Kier alpha value is -2.12. The van der Waals surface area contributed by atoms with Crippen LogP contribution >= 0.6 is 0 Å². The molecule has 1 heterocycles. The number of likely N-dealkylation sites (tertiary alicyclic amines) is 1. The van der Waals surface area contributed by atoms with Gasteiger partial charge < -0.3 is 20.3 Å². The van der Waals surface area contributed by atoms with Crippen molar-refractivity contribution in [3.8, 4) is 5.75 Å². The van der Waals surface area contributed by atoms with E-state index < -0.39 is 12.1 Å². The molecular formula is C21H32N2O5. The average molecular weight is 392 g/mol. The lowest BCUT2D eigenvalue weighted by atomic mass is 9.86. The SMILES string of the molecule is CC(=O)N[C@H]1CCN(Cc2cc(C(C)(C)C)ccc2OCC(=O)O)CC[C@@H]1O. The minimum absolute atomic E-state index is 0.0361. The third kappa shape index (κ3) is 6.49. The van der Waals surface area contributed by atoms with Gasteiger partial charge in [-0.25, -0.2) is 4.79 Å². The minimum Gasteiger partial charge on any atom is -0.482 e. The normalized spacial score (nSPS) is 21.0. The van der Waals surface area contributed by atoms with Crippen molar-refractivity contribution < 1.29 is 24.5 Å². The van der Waals surface area contributed by atoms with Gasteiger partial charge in [-0.3, -0.25) is 9.69 Å². The molecule has 1 aliphatic rings. The number of carboxylic acid groups (broad SMARTS) is 1. The highest BCUT2D eigenvalue weighted by atomic mass is 16.5. The zero-order chi connectivity index (χ0) is 20.9. The van der Waals surface area contributed by atoms with Crippen molar-refractivity contribution in [1.29, 1.82) is 0 Å². The van der Waals surface area contributed by atoms with Crippen molar-refractivity contribution in [2.75, 3.05) is 19.7 Å². The Bertz CT molecular complexity index is 699. The summed E-state index contributed by atoms with van der Waals surface area (Å²) < 4.78 is 5.50. The van der Waals surface area contributed by atoms with Crippen molar-refractivity contribution >= 4 is 11.9 Å². The molecule has 7 nitrogen and oxygen atoms in total. The molecule has 0 unspecified atom stereocenters. The van der Waals surface area contributed by atoms with Gasteiger partial charge in [0.15, 0.2) is 6.61 Å². The van der Waals surface area contributed by atoms with Crippen LogP contribution in [-0.4, -0.2) is 58.8 Å². The summed E-state index contributed by atoms with van der Waals surface area (Å²) in [5, 5.41) is 22.1. The van der Waals surface area contributed by atoms with Gasteiger partial charge in [-0.15, -0.1) is 0 Å². The summed E-state index contributed by atoms with van der Waals surface area (Å²) in [6.07, 6.45) is 0.651. The monoisotopic (exact) mass is 392 g/mol. The highest BCUT2D eigenvalue weighted by molar-refractivity contribution is 5.73. The number of aliphatic hydroxyl groups excluding tert-OH is 1. The maximum absolute atomic E-state index is 11.3. The Morgan fingerprint density at radius 3 is 2.54 bits per heavy atom. The van der Waals surface area contributed by atoms with Gasteiger partial charge in [0.1, 0.15) is 5.75 Å². The largest absolute Gasteiger partial charge is 0.482 e. The fourth-order valence-electron chi connectivity index (χ4n) is 3.42. The Labute approximate surface area is 166 Å². The average Bonchev–Trinajstić information content (AvgIpc) is 2.75. The smallest absolute Gasteiger partial charge is 0.341 e. The number of carboxylic acids is 1. The second-order valence-corrected chi connectivity index (χ2v) is 8.48. The summed E-state index contributed by atoms with van der Waals surface area (Å²) in [6, 6.07) is 5.64. The molecule has 0 bridgehead atoms. The van der Waals surface area contributed by atoms with E-state index in [1.807, 2.05) is 12.1 Å². The van der Waals surface area contributed by atoms with Crippen LogP contribution < -0.4 is 10.1 Å². The molecule has 1 aromatic carbocycles. The number of aliphatic hydroxyl groups is 1. The lowest BCUT2D eigenvalue weighted by Gasteiger charge is -2.25. The number of ether oxygens (including phenoxy) is 1. The van der Waals surface area contributed by atoms with E-state index >= 15 is 0 Å². The van der Waals surface area contributed by atoms with Crippen LogP contribution in [0.4, 0.5) is 0 Å². The van der Waals surface area contributed by atoms with E-state index in [0.717, 1.165) is 17.7 Å². The van der Waals surface area contributed by atoms with E-state index in [1.165, 1.54) is 6.92 Å². The molecule has 0 aromatic heterocycles. The van der Waals surface area contributed by atoms with Gasteiger partial charge in [0.05, 0.1) is 12.1 Å². The van der Waals surface area contributed by atoms with Crippen LogP contribution in [0, 0.1) is 0 Å². The van der Waals surface area contributed by atoms with E-state index in [4.69, 9.17) is 9.84 Å². The first-order valence-corrected chi connectivity index (χ1v) is 9.72. The maximum Gasteiger partial charge on any atom is 0.341 e. The predicted octanol–water partition coefficient (Wildman–Crippen LogP) is 1.91. The van der Waals surface area contributed by atoms with Gasteiger partial charge in [0.2, 0.25) is 5.91 Å². The second kappa shape index (κ2) is 9.39. The molecule has 0 aliphatic carbocycles. The Balaban J connectivity index is 2.17. The predicted molar refractivity (Wildman–Crippen MR) is 106 cm³/mol. The molecule has 1 aromatic rings. The van der Waals surface area contributed by atoms with Gasteiger partial charge >= 0.3 is 5.97 Å². The molecule has 1 saturated heterocycles. The molecule has 1 aliphatic heterocycles. The summed E-state index contributed by atoms with van der Waals surface area (Å²) in [4.78, 5) is 24.5. The van der Waals surface area contributed by atoms with E-state index in [-0.39, 0.29) is 24.0 Å². The molecule has 156 valence electrons. The summed E-state index contributed by atoms with van der Waals surface area (Å²) in [7, 11) is 0. The Morgan fingerprint density at radius 1 is 1.25 bits per heavy atom. The van der Waals surface area contributed by atoms with Crippen molar-refractivity contribution in [3.63, 3.8) is 0 Å². The number of hydrogen-bond acceptors (Lipinski definition) is 5. The number of aliphatic carboxylic acids is 1. The second-order valence-electron chi connectivity index (χ2n) is 8.48. The maximum atomic E-state index is 11.3. The molecule has 2 rings (SSSR count). The highest BCUT2D eigenvalue weighted by Gasteiger charge is 2.26. The zero-order valence-electron chi connectivity index (χ0n) is 17.2. The summed E-state index contributed by atoms with van der Waals surface area (Å²) in [5.74, 6) is -0.583. The van der Waals surface area contributed by atoms with Crippen molar-refractivity contribution in [1.82, 2.24) is 10.2 Å².